The lowest BCUT2D eigenvalue weighted by Crippen LogP contribution is -2.27. The zero-order valence-corrected chi connectivity index (χ0v) is 21.2. The van der Waals surface area contributed by atoms with Crippen molar-refractivity contribution in [2.24, 2.45) is 5.10 Å². The number of benzene rings is 3. The average Bonchev–Trinajstić information content (AvgIpc) is 3.37. The monoisotopic (exact) mass is 529 g/mol. The predicted molar refractivity (Wildman–Crippen MR) is 146 cm³/mol. The van der Waals surface area contributed by atoms with Gasteiger partial charge in [-0.25, -0.2) is 5.01 Å². The largest absolute Gasteiger partial charge is 0.497 e. The SMILES string of the molecule is COc1cccc(C2CC(c3c(-c4ccccc4)c4cc(Cl)ccc4[nH]c3=O)=NN2C(=O)CCC(=O)O)c1. The summed E-state index contributed by atoms with van der Waals surface area (Å²) < 4.78 is 5.37. The molecule has 5 rings (SSSR count). The summed E-state index contributed by atoms with van der Waals surface area (Å²) in [7, 11) is 1.55. The van der Waals surface area contributed by atoms with Gasteiger partial charge in [-0.1, -0.05) is 54.1 Å². The first kappa shape index (κ1) is 25.2. The molecule has 1 amide bonds. The molecule has 0 bridgehead atoms. The van der Waals surface area contributed by atoms with Crippen LogP contribution in [0.15, 0.2) is 82.7 Å². The van der Waals surface area contributed by atoms with Crippen LogP contribution in [0.4, 0.5) is 0 Å². The molecule has 1 aromatic heterocycles. The Hall–Kier alpha value is -4.43. The Balaban J connectivity index is 1.70. The third kappa shape index (κ3) is 4.90. The molecule has 1 aliphatic heterocycles. The van der Waals surface area contributed by atoms with Gasteiger partial charge in [0.25, 0.3) is 5.56 Å². The quantitative estimate of drug-likeness (QED) is 0.333. The van der Waals surface area contributed by atoms with Crippen LogP contribution in [-0.2, 0) is 9.59 Å². The maximum Gasteiger partial charge on any atom is 0.303 e. The number of aromatic amines is 1. The number of nitrogens with one attached hydrogen (secondary N) is 1. The highest BCUT2D eigenvalue weighted by molar-refractivity contribution is 6.31. The number of carboxylic acids is 1. The van der Waals surface area contributed by atoms with Gasteiger partial charge in [0.05, 0.1) is 30.8 Å². The average molecular weight is 530 g/mol. The van der Waals surface area contributed by atoms with E-state index >= 15 is 0 Å². The van der Waals surface area contributed by atoms with Gasteiger partial charge < -0.3 is 14.8 Å². The summed E-state index contributed by atoms with van der Waals surface area (Å²) in [6, 6.07) is 21.5. The third-order valence-electron chi connectivity index (χ3n) is 6.52. The highest BCUT2D eigenvalue weighted by atomic mass is 35.5. The van der Waals surface area contributed by atoms with Crippen LogP contribution in [0, 0.1) is 0 Å². The Morgan fingerprint density at radius 2 is 1.84 bits per heavy atom. The number of pyridine rings is 1. The van der Waals surface area contributed by atoms with Crippen molar-refractivity contribution in [1.82, 2.24) is 9.99 Å². The van der Waals surface area contributed by atoms with E-state index in [1.807, 2.05) is 48.5 Å². The predicted octanol–water partition coefficient (Wildman–Crippen LogP) is 5.40. The van der Waals surface area contributed by atoms with Gasteiger partial charge in [0, 0.05) is 34.3 Å². The molecule has 0 saturated heterocycles. The molecule has 8 nitrogen and oxygen atoms in total. The number of hydrogen-bond donors (Lipinski definition) is 2. The lowest BCUT2D eigenvalue weighted by atomic mass is 9.91. The molecule has 0 fully saturated rings. The fourth-order valence-corrected chi connectivity index (χ4v) is 4.95. The van der Waals surface area contributed by atoms with E-state index in [4.69, 9.17) is 21.4 Å². The van der Waals surface area contributed by atoms with Crippen LogP contribution in [-0.4, -0.2) is 39.8 Å². The van der Waals surface area contributed by atoms with E-state index < -0.39 is 17.9 Å². The minimum atomic E-state index is -1.08. The van der Waals surface area contributed by atoms with Gasteiger partial charge in [0.2, 0.25) is 5.91 Å². The van der Waals surface area contributed by atoms with Crippen molar-refractivity contribution in [2.45, 2.75) is 25.3 Å². The molecule has 3 aromatic carbocycles. The summed E-state index contributed by atoms with van der Waals surface area (Å²) in [6.45, 7) is 0. The number of rotatable bonds is 7. The first-order valence-electron chi connectivity index (χ1n) is 12.0. The molecule has 2 heterocycles. The zero-order valence-electron chi connectivity index (χ0n) is 20.5. The second kappa shape index (κ2) is 10.5. The molecular weight excluding hydrogens is 506 g/mol. The Kier molecular flexibility index (Phi) is 6.98. The Labute approximate surface area is 223 Å². The fraction of sp³-hybridized carbons (Fsp3) is 0.172. The smallest absolute Gasteiger partial charge is 0.303 e. The molecule has 1 atom stereocenters. The van der Waals surface area contributed by atoms with Crippen molar-refractivity contribution in [2.75, 3.05) is 7.11 Å². The van der Waals surface area contributed by atoms with Gasteiger partial charge in [0.1, 0.15) is 5.75 Å². The van der Waals surface area contributed by atoms with Crippen LogP contribution in [0.3, 0.4) is 0 Å². The minimum Gasteiger partial charge on any atom is -0.497 e. The summed E-state index contributed by atoms with van der Waals surface area (Å²) >= 11 is 6.35. The number of nitrogens with zero attached hydrogens (tertiary/aromatic N) is 2. The van der Waals surface area contributed by atoms with E-state index in [0.717, 1.165) is 16.5 Å². The highest BCUT2D eigenvalue weighted by Crippen LogP contribution is 2.38. The molecule has 192 valence electrons. The number of carbonyl (C=O) groups excluding carboxylic acids is 1. The maximum absolute atomic E-state index is 13.6. The summed E-state index contributed by atoms with van der Waals surface area (Å²) in [5.74, 6) is -0.914. The number of fused-ring (bicyclic) bond motifs is 1. The van der Waals surface area contributed by atoms with Crippen LogP contribution in [0.2, 0.25) is 5.02 Å². The summed E-state index contributed by atoms with van der Waals surface area (Å²) in [5, 5.41) is 16.3. The molecule has 0 radical (unpaired) electrons. The van der Waals surface area contributed by atoms with Gasteiger partial charge in [-0.15, -0.1) is 0 Å². The Bertz CT molecular complexity index is 1630. The van der Waals surface area contributed by atoms with Crippen LogP contribution in [0.1, 0.15) is 36.4 Å². The Morgan fingerprint density at radius 3 is 2.58 bits per heavy atom. The van der Waals surface area contributed by atoms with Crippen LogP contribution in [0.25, 0.3) is 22.0 Å². The lowest BCUT2D eigenvalue weighted by molar-refractivity contribution is -0.141. The molecule has 4 aromatic rings. The van der Waals surface area contributed by atoms with Crippen molar-refractivity contribution in [1.29, 1.82) is 0 Å². The van der Waals surface area contributed by atoms with Crippen molar-refractivity contribution < 1.29 is 19.4 Å². The van der Waals surface area contributed by atoms with Crippen LogP contribution < -0.4 is 10.3 Å². The van der Waals surface area contributed by atoms with E-state index in [1.165, 1.54) is 5.01 Å². The van der Waals surface area contributed by atoms with E-state index in [2.05, 4.69) is 10.1 Å². The number of amides is 1. The minimum absolute atomic E-state index is 0.220. The number of aliphatic carboxylic acids is 1. The number of hydrogen-bond acceptors (Lipinski definition) is 5. The van der Waals surface area contributed by atoms with E-state index in [9.17, 15) is 14.4 Å². The fourth-order valence-electron chi connectivity index (χ4n) is 4.77. The summed E-state index contributed by atoms with van der Waals surface area (Å²) in [5.41, 5.74) is 3.26. The van der Waals surface area contributed by atoms with E-state index in [-0.39, 0.29) is 24.8 Å². The van der Waals surface area contributed by atoms with E-state index in [1.54, 1.807) is 31.4 Å². The zero-order chi connectivity index (χ0) is 26.8. The van der Waals surface area contributed by atoms with Crippen LogP contribution in [0.5, 0.6) is 5.75 Å². The summed E-state index contributed by atoms with van der Waals surface area (Å²) in [6.07, 6.45) is -0.294. The number of aromatic nitrogens is 1. The molecular formula is C29H24ClN3O5. The molecule has 0 aliphatic carbocycles. The third-order valence-corrected chi connectivity index (χ3v) is 6.76. The first-order valence-corrected chi connectivity index (χ1v) is 12.4. The van der Waals surface area contributed by atoms with Crippen molar-refractivity contribution >= 4 is 40.1 Å². The molecule has 38 heavy (non-hydrogen) atoms. The number of carboxylic acid groups (broad SMARTS) is 1. The standard InChI is InChI=1S/C29H24ClN3O5/c1-38-20-9-5-8-18(14-20)24-16-23(32-33(24)25(34)12-13-26(35)36)28-27(17-6-3-2-4-7-17)21-15-19(30)10-11-22(21)31-29(28)37/h2-11,14-15,24H,12-13,16H2,1H3,(H,31,37)(H,35,36). The molecule has 0 spiro atoms. The van der Waals surface area contributed by atoms with Crippen molar-refractivity contribution in [3.05, 3.63) is 99.3 Å². The number of halogens is 1. The molecule has 2 N–H and O–H groups in total. The number of carbonyl (C=O) groups is 2. The van der Waals surface area contributed by atoms with Gasteiger partial charge in [-0.05, 0) is 41.5 Å². The van der Waals surface area contributed by atoms with Crippen LogP contribution >= 0.6 is 11.6 Å². The van der Waals surface area contributed by atoms with Gasteiger partial charge in [-0.2, -0.15) is 5.10 Å². The maximum atomic E-state index is 13.6. The molecule has 0 saturated carbocycles. The topological polar surface area (TPSA) is 112 Å². The summed E-state index contributed by atoms with van der Waals surface area (Å²) in [4.78, 5) is 40.8. The lowest BCUT2D eigenvalue weighted by Gasteiger charge is -2.22. The highest BCUT2D eigenvalue weighted by Gasteiger charge is 2.35. The van der Waals surface area contributed by atoms with E-state index in [0.29, 0.717) is 33.1 Å². The first-order chi connectivity index (χ1) is 18.4. The molecule has 1 unspecified atom stereocenters. The Morgan fingerprint density at radius 1 is 1.05 bits per heavy atom. The van der Waals surface area contributed by atoms with Gasteiger partial charge in [-0.3, -0.25) is 14.4 Å². The second-order valence-corrected chi connectivity index (χ2v) is 9.37. The second-order valence-electron chi connectivity index (χ2n) is 8.94. The van der Waals surface area contributed by atoms with Gasteiger partial charge in [0.15, 0.2) is 0 Å². The number of hydrazone groups is 1. The normalized spacial score (nSPS) is 14.9. The molecule has 1 aliphatic rings. The number of H-pyrrole nitrogens is 1. The van der Waals surface area contributed by atoms with Gasteiger partial charge >= 0.3 is 5.97 Å². The molecule has 9 heteroatoms. The number of ether oxygens (including phenoxy) is 1. The van der Waals surface area contributed by atoms with Crippen molar-refractivity contribution in [3.8, 4) is 16.9 Å². The number of methoxy groups -OCH3 is 1. The van der Waals surface area contributed by atoms with Crippen molar-refractivity contribution in [3.63, 3.8) is 0 Å².